The van der Waals surface area contributed by atoms with E-state index in [0.717, 1.165) is 37.9 Å². The van der Waals surface area contributed by atoms with Crippen LogP contribution in [0.4, 0.5) is 10.1 Å². The first-order valence-corrected chi connectivity index (χ1v) is 13.7. The number of aromatic amines is 1. The lowest BCUT2D eigenvalue weighted by atomic mass is 9.87. The number of aliphatic hydroxyl groups is 1. The molecule has 0 saturated heterocycles. The van der Waals surface area contributed by atoms with Crippen molar-refractivity contribution >= 4 is 45.2 Å². The van der Waals surface area contributed by atoms with Gasteiger partial charge in [-0.2, -0.15) is 0 Å². The highest BCUT2D eigenvalue weighted by Crippen LogP contribution is 2.43. The monoisotopic (exact) mass is 563 g/mol. The van der Waals surface area contributed by atoms with Gasteiger partial charge in [0.15, 0.2) is 0 Å². The lowest BCUT2D eigenvalue weighted by molar-refractivity contribution is -0.119. The average molecular weight is 564 g/mol. The Morgan fingerprint density at radius 1 is 0.976 bits per heavy atom. The van der Waals surface area contributed by atoms with Gasteiger partial charge in [0.1, 0.15) is 5.82 Å². The fourth-order valence-electron chi connectivity index (χ4n) is 6.21. The normalized spacial score (nSPS) is 15.5. The SMILES string of the molecule is Cc1c(-c2ccc(C(N)=O)c3[nH]c4cc(C(C)(C)O)cc(C)c4c23)cccc1N1C(=O)c2cccc(F)c2[C@@H](C)C1=O. The number of hydrogen-bond donors (Lipinski definition) is 3. The number of carbonyl (C=O) groups is 3. The number of H-pyrrole nitrogens is 1. The third-order valence-electron chi connectivity index (χ3n) is 8.37. The van der Waals surface area contributed by atoms with Crippen molar-refractivity contribution in [1.29, 1.82) is 0 Å². The molecule has 6 rings (SSSR count). The van der Waals surface area contributed by atoms with Crippen molar-refractivity contribution < 1.29 is 23.9 Å². The highest BCUT2D eigenvalue weighted by atomic mass is 19.1. The molecule has 0 saturated carbocycles. The zero-order chi connectivity index (χ0) is 30.2. The number of aromatic nitrogens is 1. The van der Waals surface area contributed by atoms with Crippen molar-refractivity contribution in [3.63, 3.8) is 0 Å². The maximum absolute atomic E-state index is 14.6. The largest absolute Gasteiger partial charge is 0.386 e. The number of halogens is 1. The summed E-state index contributed by atoms with van der Waals surface area (Å²) in [5.74, 6) is -3.09. The molecule has 0 fully saturated rings. The second kappa shape index (κ2) is 9.36. The third-order valence-corrected chi connectivity index (χ3v) is 8.37. The van der Waals surface area contributed by atoms with Crippen molar-refractivity contribution in [2.75, 3.05) is 4.90 Å². The lowest BCUT2D eigenvalue weighted by Crippen LogP contribution is -2.45. The van der Waals surface area contributed by atoms with E-state index in [1.165, 1.54) is 12.1 Å². The Hall–Kier alpha value is -4.82. The molecule has 1 aromatic heterocycles. The quantitative estimate of drug-likeness (QED) is 0.221. The maximum atomic E-state index is 14.6. The van der Waals surface area contributed by atoms with E-state index in [2.05, 4.69) is 4.98 Å². The number of nitrogens with zero attached hydrogens (tertiary/aromatic N) is 1. The summed E-state index contributed by atoms with van der Waals surface area (Å²) >= 11 is 0. The summed E-state index contributed by atoms with van der Waals surface area (Å²) in [5.41, 5.74) is 10.8. The van der Waals surface area contributed by atoms with Crippen molar-refractivity contribution in [2.24, 2.45) is 5.73 Å². The standard InChI is InChI=1S/C34H30FN3O4/c1-16-14-19(34(4,5)42)15-25-27(16)29-21(12-13-23(31(36)39)30(29)37-25)20-8-7-11-26(17(20)2)38-32(40)18(3)28-22(33(38)41)9-6-10-24(28)35/h6-15,18,37,42H,1-5H3,(H2,36,39)/t18-/m1/s1. The van der Waals surface area contributed by atoms with Gasteiger partial charge in [-0.1, -0.05) is 30.3 Å². The number of rotatable bonds is 4. The van der Waals surface area contributed by atoms with E-state index in [1.807, 2.05) is 38.1 Å². The van der Waals surface area contributed by atoms with E-state index < -0.39 is 35.1 Å². The van der Waals surface area contributed by atoms with E-state index in [0.29, 0.717) is 27.9 Å². The van der Waals surface area contributed by atoms with Gasteiger partial charge in [-0.15, -0.1) is 0 Å². The zero-order valence-corrected chi connectivity index (χ0v) is 23.9. The van der Waals surface area contributed by atoms with Gasteiger partial charge in [0.25, 0.3) is 11.8 Å². The molecule has 1 atom stereocenters. The molecule has 5 aromatic rings. The van der Waals surface area contributed by atoms with Crippen LogP contribution in [0.3, 0.4) is 0 Å². The molecule has 1 aliphatic heterocycles. The molecular weight excluding hydrogens is 533 g/mol. The molecule has 0 unspecified atom stereocenters. The fraction of sp³-hybridized carbons (Fsp3) is 0.206. The van der Waals surface area contributed by atoms with Gasteiger partial charge >= 0.3 is 0 Å². The average Bonchev–Trinajstić information content (AvgIpc) is 3.32. The number of nitrogens with two attached hydrogens (primary N) is 1. The van der Waals surface area contributed by atoms with Crippen LogP contribution in [0.15, 0.2) is 60.7 Å². The molecule has 212 valence electrons. The highest BCUT2D eigenvalue weighted by molar-refractivity contribution is 6.27. The molecule has 4 aromatic carbocycles. The first-order valence-electron chi connectivity index (χ1n) is 13.7. The number of aryl methyl sites for hydroxylation is 1. The smallest absolute Gasteiger partial charge is 0.265 e. The lowest BCUT2D eigenvalue weighted by Gasteiger charge is -2.32. The molecule has 42 heavy (non-hydrogen) atoms. The molecule has 0 radical (unpaired) electrons. The predicted octanol–water partition coefficient (Wildman–Crippen LogP) is 6.36. The number of benzene rings is 4. The molecule has 0 bridgehead atoms. The molecule has 8 heteroatoms. The van der Waals surface area contributed by atoms with Gasteiger partial charge < -0.3 is 15.8 Å². The van der Waals surface area contributed by atoms with Crippen molar-refractivity contribution in [3.05, 3.63) is 99.9 Å². The second-order valence-electron chi connectivity index (χ2n) is 11.5. The van der Waals surface area contributed by atoms with E-state index in [4.69, 9.17) is 5.73 Å². The van der Waals surface area contributed by atoms with Crippen molar-refractivity contribution in [2.45, 2.75) is 46.1 Å². The maximum Gasteiger partial charge on any atom is 0.265 e. The summed E-state index contributed by atoms with van der Waals surface area (Å²) in [4.78, 5) is 44.1. The van der Waals surface area contributed by atoms with Crippen LogP contribution in [-0.2, 0) is 10.4 Å². The number of hydrogen-bond acceptors (Lipinski definition) is 4. The van der Waals surface area contributed by atoms with E-state index >= 15 is 0 Å². The topological polar surface area (TPSA) is 116 Å². The van der Waals surface area contributed by atoms with Gasteiger partial charge in [-0.25, -0.2) is 9.29 Å². The molecular formula is C34H30FN3O4. The minimum Gasteiger partial charge on any atom is -0.386 e. The van der Waals surface area contributed by atoms with Crippen LogP contribution >= 0.6 is 0 Å². The Labute approximate surface area is 241 Å². The zero-order valence-electron chi connectivity index (χ0n) is 23.9. The van der Waals surface area contributed by atoms with Crippen molar-refractivity contribution in [1.82, 2.24) is 4.98 Å². The summed E-state index contributed by atoms with van der Waals surface area (Å²) in [5, 5.41) is 12.3. The minimum atomic E-state index is -1.08. The van der Waals surface area contributed by atoms with Crippen LogP contribution in [-0.4, -0.2) is 27.8 Å². The van der Waals surface area contributed by atoms with Gasteiger partial charge in [-0.3, -0.25) is 14.4 Å². The third kappa shape index (κ3) is 3.94. The molecule has 3 amide bonds. The molecule has 0 aliphatic carbocycles. The van der Waals surface area contributed by atoms with Crippen LogP contribution in [0.5, 0.6) is 0 Å². The number of amides is 3. The summed E-state index contributed by atoms with van der Waals surface area (Å²) in [6.07, 6.45) is 0. The van der Waals surface area contributed by atoms with E-state index in [-0.39, 0.29) is 11.1 Å². The first kappa shape index (κ1) is 27.4. The van der Waals surface area contributed by atoms with Crippen LogP contribution in [0.2, 0.25) is 0 Å². The Morgan fingerprint density at radius 3 is 2.36 bits per heavy atom. The highest BCUT2D eigenvalue weighted by Gasteiger charge is 2.39. The first-order chi connectivity index (χ1) is 19.8. The van der Waals surface area contributed by atoms with Gasteiger partial charge in [0.2, 0.25) is 5.91 Å². The minimum absolute atomic E-state index is 0.112. The van der Waals surface area contributed by atoms with Crippen LogP contribution in [0, 0.1) is 19.7 Å². The summed E-state index contributed by atoms with van der Waals surface area (Å²) in [6.45, 7) is 8.80. The molecule has 2 heterocycles. The van der Waals surface area contributed by atoms with Crippen LogP contribution in [0.25, 0.3) is 32.9 Å². The van der Waals surface area contributed by atoms with Gasteiger partial charge in [0, 0.05) is 27.4 Å². The predicted molar refractivity (Wildman–Crippen MR) is 161 cm³/mol. The summed E-state index contributed by atoms with van der Waals surface area (Å²) in [7, 11) is 0. The van der Waals surface area contributed by atoms with Crippen LogP contribution in [0.1, 0.15) is 69.7 Å². The Morgan fingerprint density at radius 2 is 1.67 bits per heavy atom. The summed E-state index contributed by atoms with van der Waals surface area (Å²) < 4.78 is 14.6. The van der Waals surface area contributed by atoms with Crippen molar-refractivity contribution in [3.8, 4) is 11.1 Å². The van der Waals surface area contributed by atoms with E-state index in [1.54, 1.807) is 45.0 Å². The Kier molecular flexibility index (Phi) is 6.09. The van der Waals surface area contributed by atoms with E-state index in [9.17, 15) is 23.9 Å². The van der Waals surface area contributed by atoms with Crippen LogP contribution < -0.4 is 10.6 Å². The van der Waals surface area contributed by atoms with Gasteiger partial charge in [0.05, 0.1) is 28.3 Å². The summed E-state index contributed by atoms with van der Waals surface area (Å²) in [6, 6.07) is 16.9. The number of anilines is 1. The number of fused-ring (bicyclic) bond motifs is 4. The number of carbonyl (C=O) groups excluding carboxylic acids is 3. The number of primary amides is 1. The Balaban J connectivity index is 1.61. The molecule has 4 N–H and O–H groups in total. The molecule has 1 aliphatic rings. The number of imide groups is 1. The molecule has 7 nitrogen and oxygen atoms in total. The fourth-order valence-corrected chi connectivity index (χ4v) is 6.21. The second-order valence-corrected chi connectivity index (χ2v) is 11.5. The van der Waals surface area contributed by atoms with Gasteiger partial charge in [-0.05, 0) is 92.8 Å². The Bertz CT molecular complexity index is 2000. The molecule has 0 spiro atoms. The number of nitrogens with one attached hydrogen (secondary N) is 1.